The highest BCUT2D eigenvalue weighted by Gasteiger charge is 2.11. The second kappa shape index (κ2) is 4.36. The van der Waals surface area contributed by atoms with Crippen LogP contribution in [0.1, 0.15) is 5.56 Å². The Kier molecular flexibility index (Phi) is 3.17. The molecule has 15 heavy (non-hydrogen) atoms. The number of carbonyl (C=O) groups is 1. The fraction of sp³-hybridized carbons (Fsp3) is 0.250. The van der Waals surface area contributed by atoms with Crippen LogP contribution in [0.4, 0.5) is 11.5 Å². The fourth-order valence-electron chi connectivity index (χ4n) is 1.00. The molecule has 7 heteroatoms. The Labute approximate surface area is 84.9 Å². The van der Waals surface area contributed by atoms with Crippen molar-refractivity contribution in [2.24, 2.45) is 0 Å². The molecule has 0 aliphatic heterocycles. The number of hydrogen-bond donors (Lipinski definition) is 2. The van der Waals surface area contributed by atoms with Crippen LogP contribution in [-0.4, -0.2) is 27.5 Å². The molecule has 0 atom stereocenters. The van der Waals surface area contributed by atoms with Gasteiger partial charge in [-0.05, 0) is 13.0 Å². The SMILES string of the molecule is Cc1cc(NCC(=O)O)ncc1[N+](=O)[O-]. The van der Waals surface area contributed by atoms with Gasteiger partial charge in [0, 0.05) is 5.56 Å². The van der Waals surface area contributed by atoms with Crippen LogP contribution in [0.2, 0.25) is 0 Å². The number of anilines is 1. The maximum absolute atomic E-state index is 10.5. The standard InChI is InChI=1S/C8H9N3O4/c1-5-2-7(10-4-8(12)13)9-3-6(5)11(14)15/h2-3H,4H2,1H3,(H,9,10)(H,12,13). The normalized spacial score (nSPS) is 9.67. The van der Waals surface area contributed by atoms with Crippen molar-refractivity contribution in [1.29, 1.82) is 0 Å². The third kappa shape index (κ3) is 2.90. The molecule has 0 spiro atoms. The van der Waals surface area contributed by atoms with Gasteiger partial charge in [-0.3, -0.25) is 14.9 Å². The van der Waals surface area contributed by atoms with Gasteiger partial charge in [0.2, 0.25) is 0 Å². The Morgan fingerprint density at radius 1 is 1.73 bits per heavy atom. The number of aliphatic carboxylic acids is 1. The molecule has 7 nitrogen and oxygen atoms in total. The summed E-state index contributed by atoms with van der Waals surface area (Å²) in [5.41, 5.74) is 0.346. The highest BCUT2D eigenvalue weighted by Crippen LogP contribution is 2.18. The molecule has 2 N–H and O–H groups in total. The summed E-state index contributed by atoms with van der Waals surface area (Å²) in [5.74, 6) is -0.715. The number of aromatic nitrogens is 1. The van der Waals surface area contributed by atoms with E-state index in [9.17, 15) is 14.9 Å². The van der Waals surface area contributed by atoms with E-state index in [4.69, 9.17) is 5.11 Å². The molecule has 0 radical (unpaired) electrons. The summed E-state index contributed by atoms with van der Waals surface area (Å²) < 4.78 is 0. The van der Waals surface area contributed by atoms with E-state index in [-0.39, 0.29) is 12.2 Å². The maximum atomic E-state index is 10.5. The summed E-state index contributed by atoms with van der Waals surface area (Å²) in [7, 11) is 0. The molecule has 0 unspecified atom stereocenters. The molecule has 0 aromatic carbocycles. The van der Waals surface area contributed by atoms with Crippen molar-refractivity contribution in [2.45, 2.75) is 6.92 Å². The second-order valence-electron chi connectivity index (χ2n) is 2.86. The Balaban J connectivity index is 2.82. The molecule has 1 rings (SSSR count). The number of aryl methyl sites for hydroxylation is 1. The Bertz CT molecular complexity index is 405. The Morgan fingerprint density at radius 2 is 2.40 bits per heavy atom. The maximum Gasteiger partial charge on any atom is 0.322 e. The highest BCUT2D eigenvalue weighted by atomic mass is 16.6. The van der Waals surface area contributed by atoms with Crippen LogP contribution >= 0.6 is 0 Å². The molecule has 1 aromatic rings. The predicted octanol–water partition coefficient (Wildman–Crippen LogP) is 0.795. The van der Waals surface area contributed by atoms with Crippen molar-refractivity contribution in [3.05, 3.63) is 27.9 Å². The molecule has 0 amide bonds. The zero-order chi connectivity index (χ0) is 11.4. The molecule has 0 aliphatic carbocycles. The summed E-state index contributed by atoms with van der Waals surface area (Å²) in [4.78, 5) is 23.9. The molecule has 0 saturated carbocycles. The van der Waals surface area contributed by atoms with E-state index in [2.05, 4.69) is 10.3 Å². The van der Waals surface area contributed by atoms with E-state index >= 15 is 0 Å². The lowest BCUT2D eigenvalue weighted by Crippen LogP contribution is -2.13. The van der Waals surface area contributed by atoms with Crippen LogP contribution in [0.3, 0.4) is 0 Å². The van der Waals surface area contributed by atoms with E-state index in [0.29, 0.717) is 11.4 Å². The number of nitrogens with one attached hydrogen (secondary N) is 1. The molecule has 0 aliphatic rings. The first-order valence-electron chi connectivity index (χ1n) is 4.07. The van der Waals surface area contributed by atoms with E-state index < -0.39 is 10.9 Å². The number of nitrogens with zero attached hydrogens (tertiary/aromatic N) is 2. The van der Waals surface area contributed by atoms with Gasteiger partial charge in [0.1, 0.15) is 18.6 Å². The summed E-state index contributed by atoms with van der Waals surface area (Å²) >= 11 is 0. The van der Waals surface area contributed by atoms with E-state index in [1.54, 1.807) is 6.92 Å². The molecular formula is C8H9N3O4. The lowest BCUT2D eigenvalue weighted by molar-refractivity contribution is -0.385. The van der Waals surface area contributed by atoms with Crippen molar-refractivity contribution >= 4 is 17.5 Å². The van der Waals surface area contributed by atoms with Crippen LogP contribution in [0.25, 0.3) is 0 Å². The largest absolute Gasteiger partial charge is 0.480 e. The highest BCUT2D eigenvalue weighted by molar-refractivity contribution is 5.72. The quantitative estimate of drug-likeness (QED) is 0.563. The van der Waals surface area contributed by atoms with Gasteiger partial charge in [0.05, 0.1) is 4.92 Å². The molecule has 1 heterocycles. The average molecular weight is 211 g/mol. The predicted molar refractivity (Wildman–Crippen MR) is 51.8 cm³/mol. The molecule has 80 valence electrons. The number of carboxylic acid groups (broad SMARTS) is 1. The number of nitro groups is 1. The first kappa shape index (κ1) is 10.9. The van der Waals surface area contributed by atoms with Gasteiger partial charge in [-0.1, -0.05) is 0 Å². The van der Waals surface area contributed by atoms with E-state index in [1.165, 1.54) is 6.07 Å². The monoisotopic (exact) mass is 211 g/mol. The zero-order valence-corrected chi connectivity index (χ0v) is 7.93. The summed E-state index contributed by atoms with van der Waals surface area (Å²) in [5, 5.41) is 21.4. The lowest BCUT2D eigenvalue weighted by Gasteiger charge is -2.03. The van der Waals surface area contributed by atoms with Gasteiger partial charge in [-0.25, -0.2) is 4.98 Å². The summed E-state index contributed by atoms with van der Waals surface area (Å²) in [6.45, 7) is 1.29. The van der Waals surface area contributed by atoms with Gasteiger partial charge < -0.3 is 10.4 Å². The van der Waals surface area contributed by atoms with Crippen molar-refractivity contribution in [1.82, 2.24) is 4.98 Å². The molecule has 1 aromatic heterocycles. The van der Waals surface area contributed by atoms with Gasteiger partial charge in [0.25, 0.3) is 5.69 Å². The first-order valence-corrected chi connectivity index (χ1v) is 4.07. The van der Waals surface area contributed by atoms with Gasteiger partial charge >= 0.3 is 5.97 Å². The topological polar surface area (TPSA) is 105 Å². The van der Waals surface area contributed by atoms with Gasteiger partial charge in [-0.2, -0.15) is 0 Å². The van der Waals surface area contributed by atoms with Crippen molar-refractivity contribution in [2.75, 3.05) is 11.9 Å². The van der Waals surface area contributed by atoms with Crippen molar-refractivity contribution in [3.8, 4) is 0 Å². The van der Waals surface area contributed by atoms with Crippen molar-refractivity contribution in [3.63, 3.8) is 0 Å². The Morgan fingerprint density at radius 3 is 2.87 bits per heavy atom. The molecular weight excluding hydrogens is 202 g/mol. The first-order chi connectivity index (χ1) is 7.00. The van der Waals surface area contributed by atoms with Gasteiger partial charge in [-0.15, -0.1) is 0 Å². The third-order valence-corrected chi connectivity index (χ3v) is 1.70. The number of pyridine rings is 1. The minimum Gasteiger partial charge on any atom is -0.480 e. The molecule has 0 bridgehead atoms. The lowest BCUT2D eigenvalue weighted by atomic mass is 10.2. The molecule has 0 saturated heterocycles. The average Bonchev–Trinajstić information content (AvgIpc) is 2.14. The van der Waals surface area contributed by atoms with Crippen LogP contribution < -0.4 is 5.32 Å². The van der Waals surface area contributed by atoms with Crippen molar-refractivity contribution < 1.29 is 14.8 Å². The van der Waals surface area contributed by atoms with E-state index in [1.807, 2.05) is 0 Å². The number of carboxylic acids is 1. The van der Waals surface area contributed by atoms with Crippen LogP contribution in [0.15, 0.2) is 12.3 Å². The smallest absolute Gasteiger partial charge is 0.322 e. The van der Waals surface area contributed by atoms with Gasteiger partial charge in [0.15, 0.2) is 0 Å². The minimum atomic E-state index is -1.02. The fourth-order valence-corrected chi connectivity index (χ4v) is 1.00. The van der Waals surface area contributed by atoms with E-state index in [0.717, 1.165) is 6.20 Å². The summed E-state index contributed by atoms with van der Waals surface area (Å²) in [6, 6.07) is 1.43. The minimum absolute atomic E-state index is 0.0872. The molecule has 0 fully saturated rings. The van der Waals surface area contributed by atoms with Crippen LogP contribution in [0, 0.1) is 17.0 Å². The number of hydrogen-bond acceptors (Lipinski definition) is 5. The van der Waals surface area contributed by atoms with Crippen LogP contribution in [-0.2, 0) is 4.79 Å². The number of rotatable bonds is 4. The third-order valence-electron chi connectivity index (χ3n) is 1.70. The Hall–Kier alpha value is -2.18. The summed E-state index contributed by atoms with van der Waals surface area (Å²) in [6.07, 6.45) is 1.10. The van der Waals surface area contributed by atoms with Crippen LogP contribution in [0.5, 0.6) is 0 Å². The second-order valence-corrected chi connectivity index (χ2v) is 2.86. The zero-order valence-electron chi connectivity index (χ0n) is 7.93.